The van der Waals surface area contributed by atoms with Gasteiger partial charge in [-0.15, -0.1) is 0 Å². The molecule has 0 spiro atoms. The van der Waals surface area contributed by atoms with Crippen molar-refractivity contribution in [1.82, 2.24) is 0 Å². The number of hydrogen-bond donors (Lipinski definition) is 0. The first-order chi connectivity index (χ1) is 27.0. The van der Waals surface area contributed by atoms with E-state index in [9.17, 15) is 9.59 Å². The van der Waals surface area contributed by atoms with Crippen LogP contribution in [-0.2, 0) is 33.3 Å². The minimum Gasteiger partial charge on any atom is -0.462 e. The zero-order valence-corrected chi connectivity index (χ0v) is 38.6. The third-order valence-electron chi connectivity index (χ3n) is 10.6. The summed E-state index contributed by atoms with van der Waals surface area (Å²) in [7, 11) is 0. The average Bonchev–Trinajstić information content (AvgIpc) is 3.15. The predicted molar refractivity (Wildman–Crippen MR) is 236 cm³/mol. The topological polar surface area (TPSA) is 80.3 Å². The maximum absolute atomic E-state index is 12.8. The zero-order valence-electron chi connectivity index (χ0n) is 38.6. The quantitative estimate of drug-likeness (QED) is 0.0449. The van der Waals surface area contributed by atoms with Crippen molar-refractivity contribution in [1.29, 1.82) is 0 Å². The van der Waals surface area contributed by atoms with E-state index in [0.29, 0.717) is 32.7 Å². The lowest BCUT2D eigenvalue weighted by Crippen LogP contribution is -2.36. The van der Waals surface area contributed by atoms with Gasteiger partial charge in [0, 0.05) is 12.8 Å². The molecule has 56 heavy (non-hydrogen) atoms. The monoisotopic (exact) mass is 797 g/mol. The van der Waals surface area contributed by atoms with Gasteiger partial charge in [0.2, 0.25) is 0 Å². The second kappa shape index (κ2) is 39.3. The minimum atomic E-state index is -0.624. The van der Waals surface area contributed by atoms with E-state index in [1.807, 2.05) is 34.6 Å². The Morgan fingerprint density at radius 3 is 1.16 bits per heavy atom. The van der Waals surface area contributed by atoms with Crippen molar-refractivity contribution >= 4 is 11.9 Å². The number of carbonyl (C=O) groups excluding carboxylic acids is 2. The zero-order chi connectivity index (χ0) is 41.4. The SMILES string of the molecule is CCCCCCCCCCCCCCCCCC(=O)OCC(COCCOC(C)(C)COC(C)(C)C)OC(=O)CCCCCCCCCCCCCCCCC. The van der Waals surface area contributed by atoms with Crippen LogP contribution < -0.4 is 0 Å². The first kappa shape index (κ1) is 54.8. The molecule has 0 N–H and O–H groups in total. The molecule has 0 radical (unpaired) electrons. The minimum absolute atomic E-state index is 0.0218. The van der Waals surface area contributed by atoms with Crippen LogP contribution >= 0.6 is 0 Å². The van der Waals surface area contributed by atoms with Gasteiger partial charge in [-0.05, 0) is 47.5 Å². The summed E-state index contributed by atoms with van der Waals surface area (Å²) in [6, 6.07) is 0. The smallest absolute Gasteiger partial charge is 0.306 e. The highest BCUT2D eigenvalue weighted by Crippen LogP contribution is 2.18. The molecule has 0 heterocycles. The van der Waals surface area contributed by atoms with Gasteiger partial charge in [-0.25, -0.2) is 0 Å². The Hall–Kier alpha value is -1.18. The van der Waals surface area contributed by atoms with Crippen molar-refractivity contribution in [2.75, 3.05) is 33.0 Å². The van der Waals surface area contributed by atoms with E-state index in [2.05, 4.69) is 13.8 Å². The number of unbranched alkanes of at least 4 members (excludes halogenated alkanes) is 28. The van der Waals surface area contributed by atoms with Gasteiger partial charge in [0.25, 0.3) is 0 Å². The van der Waals surface area contributed by atoms with Crippen LogP contribution in [0.4, 0.5) is 0 Å². The normalized spacial score (nSPS) is 12.6. The summed E-state index contributed by atoms with van der Waals surface area (Å²) in [4.78, 5) is 25.4. The van der Waals surface area contributed by atoms with Gasteiger partial charge in [-0.3, -0.25) is 9.59 Å². The van der Waals surface area contributed by atoms with Gasteiger partial charge in [0.15, 0.2) is 6.10 Å². The molecule has 0 aliphatic rings. The van der Waals surface area contributed by atoms with E-state index in [1.54, 1.807) is 0 Å². The molecule has 1 unspecified atom stereocenters. The lowest BCUT2D eigenvalue weighted by molar-refractivity contribution is -0.164. The number of carbonyl (C=O) groups is 2. The molecule has 0 saturated heterocycles. The highest BCUT2D eigenvalue weighted by molar-refractivity contribution is 5.70. The predicted octanol–water partition coefficient (Wildman–Crippen LogP) is 14.6. The van der Waals surface area contributed by atoms with Gasteiger partial charge in [-0.1, -0.05) is 194 Å². The summed E-state index contributed by atoms with van der Waals surface area (Å²) in [5.74, 6) is -0.476. The van der Waals surface area contributed by atoms with E-state index in [-0.39, 0.29) is 30.8 Å². The molecular weight excluding hydrogens is 701 g/mol. The van der Waals surface area contributed by atoms with Crippen LogP contribution in [0.5, 0.6) is 0 Å². The van der Waals surface area contributed by atoms with Crippen molar-refractivity contribution in [2.24, 2.45) is 0 Å². The number of ether oxygens (including phenoxy) is 5. The van der Waals surface area contributed by atoms with Gasteiger partial charge >= 0.3 is 11.9 Å². The molecule has 0 fully saturated rings. The Labute approximate surface area is 348 Å². The number of rotatable bonds is 43. The van der Waals surface area contributed by atoms with Crippen LogP contribution in [0.15, 0.2) is 0 Å². The van der Waals surface area contributed by atoms with E-state index in [4.69, 9.17) is 23.7 Å². The molecular formula is C49H96O7. The molecule has 0 amide bonds. The van der Waals surface area contributed by atoms with Gasteiger partial charge < -0.3 is 23.7 Å². The lowest BCUT2D eigenvalue weighted by atomic mass is 10.0. The van der Waals surface area contributed by atoms with E-state index >= 15 is 0 Å². The third kappa shape index (κ3) is 42.4. The van der Waals surface area contributed by atoms with Gasteiger partial charge in [-0.2, -0.15) is 0 Å². The summed E-state index contributed by atoms with van der Waals surface area (Å²) >= 11 is 0. The number of esters is 2. The van der Waals surface area contributed by atoms with E-state index < -0.39 is 11.7 Å². The fourth-order valence-corrected chi connectivity index (χ4v) is 6.92. The molecule has 334 valence electrons. The van der Waals surface area contributed by atoms with E-state index in [1.165, 1.54) is 161 Å². The Morgan fingerprint density at radius 2 is 0.786 bits per heavy atom. The molecule has 0 aromatic heterocycles. The second-order valence-electron chi connectivity index (χ2n) is 18.3. The Kier molecular flexibility index (Phi) is 38.5. The van der Waals surface area contributed by atoms with Crippen LogP contribution in [0.1, 0.15) is 254 Å². The summed E-state index contributed by atoms with van der Waals surface area (Å²) < 4.78 is 29.1. The Morgan fingerprint density at radius 1 is 0.429 bits per heavy atom. The summed E-state index contributed by atoms with van der Waals surface area (Å²) in [5, 5.41) is 0. The molecule has 1 atom stereocenters. The lowest BCUT2D eigenvalue weighted by Gasteiger charge is -2.30. The molecule has 0 bridgehead atoms. The molecule has 0 saturated carbocycles. The standard InChI is InChI=1S/C49H96O7/c1-8-10-12-14-16-18-20-22-24-26-28-30-32-34-36-38-46(50)53-43-45(42-52-40-41-54-49(6,7)44-55-48(3,4)5)56-47(51)39-37-35-33-31-29-27-25-23-21-19-17-15-13-11-9-2/h45H,8-44H2,1-7H3. The first-order valence-corrected chi connectivity index (χ1v) is 24.2. The van der Waals surface area contributed by atoms with Gasteiger partial charge in [0.1, 0.15) is 6.61 Å². The highest BCUT2D eigenvalue weighted by atomic mass is 16.6. The third-order valence-corrected chi connectivity index (χ3v) is 10.6. The van der Waals surface area contributed by atoms with Crippen molar-refractivity contribution < 1.29 is 33.3 Å². The van der Waals surface area contributed by atoms with Crippen molar-refractivity contribution in [3.63, 3.8) is 0 Å². The molecule has 7 heteroatoms. The largest absolute Gasteiger partial charge is 0.462 e. The summed E-state index contributed by atoms with van der Waals surface area (Å²) in [6.07, 6.45) is 38.8. The van der Waals surface area contributed by atoms with Crippen LogP contribution in [-0.4, -0.2) is 62.3 Å². The highest BCUT2D eigenvalue weighted by Gasteiger charge is 2.23. The number of hydrogen-bond acceptors (Lipinski definition) is 7. The van der Waals surface area contributed by atoms with Crippen LogP contribution in [0.3, 0.4) is 0 Å². The first-order valence-electron chi connectivity index (χ1n) is 24.2. The average molecular weight is 797 g/mol. The summed E-state index contributed by atoms with van der Waals surface area (Å²) in [6.45, 7) is 16.0. The van der Waals surface area contributed by atoms with Crippen molar-refractivity contribution in [2.45, 2.75) is 271 Å². The second-order valence-corrected chi connectivity index (χ2v) is 18.3. The Bertz CT molecular complexity index is 852. The fourth-order valence-electron chi connectivity index (χ4n) is 6.92. The molecule has 0 aromatic carbocycles. The summed E-state index contributed by atoms with van der Waals surface area (Å²) in [5.41, 5.74) is -0.678. The van der Waals surface area contributed by atoms with Crippen molar-refractivity contribution in [3.8, 4) is 0 Å². The van der Waals surface area contributed by atoms with Crippen molar-refractivity contribution in [3.05, 3.63) is 0 Å². The maximum Gasteiger partial charge on any atom is 0.306 e. The maximum atomic E-state index is 12.8. The Balaban J connectivity index is 4.30. The molecule has 0 aliphatic carbocycles. The van der Waals surface area contributed by atoms with E-state index in [0.717, 1.165) is 32.1 Å². The van der Waals surface area contributed by atoms with Gasteiger partial charge in [0.05, 0.1) is 37.6 Å². The molecule has 0 aliphatic heterocycles. The van der Waals surface area contributed by atoms with Crippen LogP contribution in [0.2, 0.25) is 0 Å². The van der Waals surface area contributed by atoms with Crippen LogP contribution in [0, 0.1) is 0 Å². The molecule has 0 rings (SSSR count). The van der Waals surface area contributed by atoms with Crippen LogP contribution in [0.25, 0.3) is 0 Å². The fraction of sp³-hybridized carbons (Fsp3) is 0.959. The molecule has 7 nitrogen and oxygen atoms in total. The molecule has 0 aromatic rings.